The Morgan fingerprint density at radius 1 is 0.971 bits per heavy atom. The molecule has 1 heterocycles. The summed E-state index contributed by atoms with van der Waals surface area (Å²) in [6, 6.07) is 25.0. The second kappa shape index (κ2) is 11.2. The molecule has 6 heteroatoms. The molecule has 0 fully saturated rings. The number of hydrogen-bond donors (Lipinski definition) is 1. The molecule has 34 heavy (non-hydrogen) atoms. The number of nitrogens with zero attached hydrogens (tertiary/aromatic N) is 2. The molecule has 0 aliphatic carbocycles. The summed E-state index contributed by atoms with van der Waals surface area (Å²) in [4.78, 5) is 13.0. The smallest absolute Gasteiger partial charge is 0.255 e. The van der Waals surface area contributed by atoms with E-state index in [1.165, 1.54) is 0 Å². The zero-order valence-electron chi connectivity index (χ0n) is 19.5. The van der Waals surface area contributed by atoms with Crippen molar-refractivity contribution in [2.75, 3.05) is 13.7 Å². The van der Waals surface area contributed by atoms with Gasteiger partial charge in [-0.15, -0.1) is 0 Å². The predicted molar refractivity (Wildman–Crippen MR) is 134 cm³/mol. The van der Waals surface area contributed by atoms with Crippen molar-refractivity contribution in [3.8, 4) is 28.4 Å². The molecular formula is C28H29N3O3. The van der Waals surface area contributed by atoms with E-state index in [1.807, 2.05) is 83.7 Å². The quantitative estimate of drug-likeness (QED) is 0.314. The van der Waals surface area contributed by atoms with Crippen LogP contribution in [0.15, 0.2) is 85.1 Å². The number of aromatic nitrogens is 2. The number of methoxy groups -OCH3 is 1. The molecule has 0 saturated carbocycles. The highest BCUT2D eigenvalue weighted by Gasteiger charge is 2.16. The van der Waals surface area contributed by atoms with Crippen molar-refractivity contribution in [1.82, 2.24) is 15.1 Å². The van der Waals surface area contributed by atoms with Crippen LogP contribution < -0.4 is 14.8 Å². The van der Waals surface area contributed by atoms with E-state index in [-0.39, 0.29) is 5.91 Å². The Morgan fingerprint density at radius 2 is 1.71 bits per heavy atom. The fourth-order valence-electron chi connectivity index (χ4n) is 3.62. The van der Waals surface area contributed by atoms with Crippen LogP contribution in [-0.4, -0.2) is 29.4 Å². The fraction of sp³-hybridized carbons (Fsp3) is 0.214. The summed E-state index contributed by atoms with van der Waals surface area (Å²) in [6.07, 6.45) is 3.94. The number of benzene rings is 3. The normalized spacial score (nSPS) is 10.6. The maximum atomic E-state index is 13.0. The molecule has 0 bridgehead atoms. The number of nitrogens with one attached hydrogen (secondary N) is 1. The van der Waals surface area contributed by atoms with E-state index in [0.29, 0.717) is 24.5 Å². The summed E-state index contributed by atoms with van der Waals surface area (Å²) in [5.41, 5.74) is 4.14. The topological polar surface area (TPSA) is 65.4 Å². The molecular weight excluding hydrogens is 426 g/mol. The number of carbonyl (C=O) groups excluding carboxylic acids is 1. The summed E-state index contributed by atoms with van der Waals surface area (Å²) in [5, 5.41) is 7.87. The highest BCUT2D eigenvalue weighted by molar-refractivity contribution is 5.96. The standard InChI is InChI=1S/C28H29N3O3/c1-3-4-18-34-26-13-9-8-12-25(26)28(32)29-19-22-20-31(23-10-6-5-7-11-23)30-27(22)21-14-16-24(33-2)17-15-21/h5-17,20H,3-4,18-19H2,1-2H3,(H,29,32). The molecule has 0 aliphatic rings. The van der Waals surface area contributed by atoms with Gasteiger partial charge < -0.3 is 14.8 Å². The number of carbonyl (C=O) groups is 1. The van der Waals surface area contributed by atoms with Gasteiger partial charge in [-0.3, -0.25) is 4.79 Å². The van der Waals surface area contributed by atoms with Crippen molar-refractivity contribution in [1.29, 1.82) is 0 Å². The summed E-state index contributed by atoms with van der Waals surface area (Å²) >= 11 is 0. The van der Waals surface area contributed by atoms with E-state index in [0.717, 1.165) is 41.1 Å². The molecule has 4 aromatic rings. The van der Waals surface area contributed by atoms with Crippen LogP contribution in [0.2, 0.25) is 0 Å². The first kappa shape index (κ1) is 23.1. The van der Waals surface area contributed by atoms with Crippen LogP contribution in [0.1, 0.15) is 35.7 Å². The second-order valence-corrected chi connectivity index (χ2v) is 7.89. The maximum absolute atomic E-state index is 13.0. The molecule has 0 atom stereocenters. The minimum atomic E-state index is -0.180. The SMILES string of the molecule is CCCCOc1ccccc1C(=O)NCc1cn(-c2ccccc2)nc1-c1ccc(OC)cc1. The van der Waals surface area contributed by atoms with Gasteiger partial charge in [0.25, 0.3) is 5.91 Å². The average Bonchev–Trinajstić information content (AvgIpc) is 3.32. The second-order valence-electron chi connectivity index (χ2n) is 7.89. The number of hydrogen-bond acceptors (Lipinski definition) is 4. The van der Waals surface area contributed by atoms with E-state index in [4.69, 9.17) is 14.6 Å². The lowest BCUT2D eigenvalue weighted by atomic mass is 10.1. The summed E-state index contributed by atoms with van der Waals surface area (Å²) in [6.45, 7) is 3.03. The molecule has 0 aliphatic heterocycles. The van der Waals surface area contributed by atoms with Crippen LogP contribution in [-0.2, 0) is 6.54 Å². The highest BCUT2D eigenvalue weighted by atomic mass is 16.5. The van der Waals surface area contributed by atoms with E-state index >= 15 is 0 Å². The molecule has 0 spiro atoms. The van der Waals surface area contributed by atoms with Crippen molar-refractivity contribution in [3.63, 3.8) is 0 Å². The Labute approximate surface area is 200 Å². The van der Waals surface area contributed by atoms with Gasteiger partial charge in [0.15, 0.2) is 0 Å². The molecule has 0 radical (unpaired) electrons. The van der Waals surface area contributed by atoms with Crippen LogP contribution in [0, 0.1) is 0 Å². The van der Waals surface area contributed by atoms with Crippen LogP contribution in [0.25, 0.3) is 16.9 Å². The zero-order valence-corrected chi connectivity index (χ0v) is 19.5. The summed E-state index contributed by atoms with van der Waals surface area (Å²) in [7, 11) is 1.64. The Morgan fingerprint density at radius 3 is 2.44 bits per heavy atom. The van der Waals surface area contributed by atoms with Crippen LogP contribution in [0.3, 0.4) is 0 Å². The number of rotatable bonds is 10. The van der Waals surface area contributed by atoms with Crippen molar-refractivity contribution in [3.05, 3.63) is 96.2 Å². The average molecular weight is 456 g/mol. The fourth-order valence-corrected chi connectivity index (χ4v) is 3.62. The first-order chi connectivity index (χ1) is 16.7. The summed E-state index contributed by atoms with van der Waals surface area (Å²) in [5.74, 6) is 1.20. The van der Waals surface area contributed by atoms with E-state index in [9.17, 15) is 4.79 Å². The van der Waals surface area contributed by atoms with Gasteiger partial charge in [0.05, 0.1) is 30.7 Å². The van der Waals surface area contributed by atoms with Crippen molar-refractivity contribution in [2.24, 2.45) is 0 Å². The van der Waals surface area contributed by atoms with E-state index in [2.05, 4.69) is 12.2 Å². The van der Waals surface area contributed by atoms with Crippen LogP contribution in [0.4, 0.5) is 0 Å². The van der Waals surface area contributed by atoms with Gasteiger partial charge in [-0.05, 0) is 55.0 Å². The molecule has 174 valence electrons. The first-order valence-electron chi connectivity index (χ1n) is 11.5. The summed E-state index contributed by atoms with van der Waals surface area (Å²) < 4.78 is 13.0. The van der Waals surface area contributed by atoms with Gasteiger partial charge in [-0.1, -0.05) is 43.7 Å². The molecule has 1 amide bonds. The lowest BCUT2D eigenvalue weighted by Gasteiger charge is -2.11. The maximum Gasteiger partial charge on any atom is 0.255 e. The van der Waals surface area contributed by atoms with Crippen molar-refractivity contribution < 1.29 is 14.3 Å². The first-order valence-corrected chi connectivity index (χ1v) is 11.5. The van der Waals surface area contributed by atoms with Gasteiger partial charge in [-0.2, -0.15) is 5.10 Å². The minimum absolute atomic E-state index is 0.180. The van der Waals surface area contributed by atoms with Gasteiger partial charge in [0.1, 0.15) is 11.5 Å². The molecule has 1 N–H and O–H groups in total. The number of amides is 1. The largest absolute Gasteiger partial charge is 0.497 e. The van der Waals surface area contributed by atoms with Crippen LogP contribution >= 0.6 is 0 Å². The third kappa shape index (κ3) is 5.46. The van der Waals surface area contributed by atoms with Crippen molar-refractivity contribution >= 4 is 5.91 Å². The number of para-hydroxylation sites is 2. The highest BCUT2D eigenvalue weighted by Crippen LogP contribution is 2.26. The lowest BCUT2D eigenvalue weighted by molar-refractivity contribution is 0.0947. The van der Waals surface area contributed by atoms with Gasteiger partial charge in [0.2, 0.25) is 0 Å². The molecule has 0 saturated heterocycles. The lowest BCUT2D eigenvalue weighted by Crippen LogP contribution is -2.23. The van der Waals surface area contributed by atoms with E-state index < -0.39 is 0 Å². The Kier molecular flexibility index (Phi) is 7.60. The third-order valence-corrected chi connectivity index (χ3v) is 5.50. The Balaban J connectivity index is 1.58. The molecule has 1 aromatic heterocycles. The zero-order chi connectivity index (χ0) is 23.8. The predicted octanol–water partition coefficient (Wildman–Crippen LogP) is 5.66. The molecule has 0 unspecified atom stereocenters. The van der Waals surface area contributed by atoms with Gasteiger partial charge >= 0.3 is 0 Å². The monoisotopic (exact) mass is 455 g/mol. The third-order valence-electron chi connectivity index (χ3n) is 5.50. The van der Waals surface area contributed by atoms with Crippen molar-refractivity contribution in [2.45, 2.75) is 26.3 Å². The number of ether oxygens (including phenoxy) is 2. The van der Waals surface area contributed by atoms with Crippen LogP contribution in [0.5, 0.6) is 11.5 Å². The minimum Gasteiger partial charge on any atom is -0.497 e. The molecule has 4 rings (SSSR count). The van der Waals surface area contributed by atoms with Gasteiger partial charge in [0, 0.05) is 23.9 Å². The number of unbranched alkanes of at least 4 members (excludes halogenated alkanes) is 1. The molecule has 3 aromatic carbocycles. The molecule has 6 nitrogen and oxygen atoms in total. The Bertz CT molecular complexity index is 1220. The Hall–Kier alpha value is -4.06. The van der Waals surface area contributed by atoms with Gasteiger partial charge in [-0.25, -0.2) is 4.68 Å². The van der Waals surface area contributed by atoms with E-state index in [1.54, 1.807) is 13.2 Å².